The molecule has 7 heteroatoms. The molecule has 0 amide bonds. The van der Waals surface area contributed by atoms with Crippen molar-refractivity contribution in [3.8, 4) is 17.1 Å². The summed E-state index contributed by atoms with van der Waals surface area (Å²) in [5, 5.41) is 4.51. The van der Waals surface area contributed by atoms with E-state index in [-0.39, 0.29) is 0 Å². The van der Waals surface area contributed by atoms with Crippen molar-refractivity contribution in [2.75, 3.05) is 44.7 Å². The summed E-state index contributed by atoms with van der Waals surface area (Å²) < 4.78 is 7.80. The zero-order chi connectivity index (χ0) is 25.9. The molecule has 3 heterocycles. The number of fused-ring (bicyclic) bond motifs is 2. The fourth-order valence-corrected chi connectivity index (χ4v) is 4.94. The summed E-state index contributed by atoms with van der Waals surface area (Å²) in [4.78, 5) is 17.0. The fourth-order valence-electron chi connectivity index (χ4n) is 4.94. The predicted molar refractivity (Wildman–Crippen MR) is 152 cm³/mol. The number of hydrogen-bond donors (Lipinski definition) is 1. The quantitative estimate of drug-likeness (QED) is 0.325. The Labute approximate surface area is 222 Å². The standard InChI is InChI=1S/C31H32N6O/c1-22-9-11-24(12-10-22)37-30-8-4-3-6-26(30)35-29-20-28(34-25-7-5-13-32-23(25)2)27(21-31(29)37)33-14-15-36-16-18-38-19-17-36/h3-13,20-21,34H,14-19H2,1-2H3/b33-27+. The smallest absolute Gasteiger partial charge is 0.0900 e. The van der Waals surface area contributed by atoms with E-state index in [1.807, 2.05) is 31.3 Å². The van der Waals surface area contributed by atoms with Gasteiger partial charge in [-0.3, -0.25) is 14.9 Å². The van der Waals surface area contributed by atoms with Gasteiger partial charge in [-0.05, 0) is 62.4 Å². The molecule has 2 aliphatic heterocycles. The summed E-state index contributed by atoms with van der Waals surface area (Å²) >= 11 is 0. The molecular formula is C31H32N6O. The molecular weight excluding hydrogens is 472 g/mol. The molecule has 1 N–H and O–H groups in total. The Morgan fingerprint density at radius 3 is 2.55 bits per heavy atom. The maximum absolute atomic E-state index is 5.51. The Bertz CT molecular complexity index is 1600. The number of aryl methyl sites for hydroxylation is 2. The van der Waals surface area contributed by atoms with Gasteiger partial charge in [0, 0.05) is 31.5 Å². The van der Waals surface area contributed by atoms with E-state index in [4.69, 9.17) is 14.7 Å². The van der Waals surface area contributed by atoms with Gasteiger partial charge in [-0.15, -0.1) is 0 Å². The lowest BCUT2D eigenvalue weighted by Gasteiger charge is -2.25. The Balaban J connectivity index is 1.53. The van der Waals surface area contributed by atoms with Crippen LogP contribution in [0.25, 0.3) is 28.1 Å². The summed E-state index contributed by atoms with van der Waals surface area (Å²) in [7, 11) is 0. The largest absolute Gasteiger partial charge is 0.379 e. The van der Waals surface area contributed by atoms with E-state index in [1.54, 1.807) is 0 Å². The molecule has 0 radical (unpaired) electrons. The van der Waals surface area contributed by atoms with Crippen molar-refractivity contribution >= 4 is 22.4 Å². The molecule has 0 atom stereocenters. The monoisotopic (exact) mass is 504 g/mol. The third kappa shape index (κ3) is 5.03. The van der Waals surface area contributed by atoms with E-state index < -0.39 is 0 Å². The van der Waals surface area contributed by atoms with Gasteiger partial charge in [0.15, 0.2) is 0 Å². The van der Waals surface area contributed by atoms with Crippen LogP contribution in [-0.4, -0.2) is 58.8 Å². The number of ether oxygens (including phenoxy) is 1. The van der Waals surface area contributed by atoms with E-state index in [2.05, 4.69) is 81.3 Å². The van der Waals surface area contributed by atoms with Crippen LogP contribution in [0.3, 0.4) is 0 Å². The zero-order valence-electron chi connectivity index (χ0n) is 21.9. The molecule has 3 aliphatic rings. The second kappa shape index (κ2) is 10.7. The summed E-state index contributed by atoms with van der Waals surface area (Å²) in [5.41, 5.74) is 9.08. The van der Waals surface area contributed by atoms with E-state index in [1.165, 1.54) is 5.56 Å². The molecule has 2 aromatic carbocycles. The Morgan fingerprint density at radius 2 is 1.74 bits per heavy atom. The minimum Gasteiger partial charge on any atom is -0.379 e. The van der Waals surface area contributed by atoms with Crippen LogP contribution in [0.2, 0.25) is 0 Å². The van der Waals surface area contributed by atoms with Crippen molar-refractivity contribution in [2.45, 2.75) is 13.8 Å². The number of pyridine rings is 1. The van der Waals surface area contributed by atoms with Gasteiger partial charge in [-0.1, -0.05) is 29.8 Å². The number of benzene rings is 3. The summed E-state index contributed by atoms with van der Waals surface area (Å²) in [6.45, 7) is 9.22. The summed E-state index contributed by atoms with van der Waals surface area (Å²) in [6, 6.07) is 25.2. The number of nitrogens with zero attached hydrogens (tertiary/aromatic N) is 5. The summed E-state index contributed by atoms with van der Waals surface area (Å²) in [6.07, 6.45) is 1.81. The molecule has 7 nitrogen and oxygen atoms in total. The van der Waals surface area contributed by atoms with E-state index in [0.29, 0.717) is 6.54 Å². The third-order valence-corrected chi connectivity index (χ3v) is 7.07. The molecule has 192 valence electrons. The molecule has 0 unspecified atom stereocenters. The number of rotatable bonds is 6. The van der Waals surface area contributed by atoms with Crippen molar-refractivity contribution < 1.29 is 4.74 Å². The first kappa shape index (κ1) is 24.3. The number of nitrogens with one attached hydrogen (secondary N) is 1. The van der Waals surface area contributed by atoms with Gasteiger partial charge in [0.1, 0.15) is 0 Å². The average Bonchev–Trinajstić information content (AvgIpc) is 2.94. The number of hydrogen-bond acceptors (Lipinski definition) is 6. The molecule has 0 spiro atoms. The van der Waals surface area contributed by atoms with Crippen molar-refractivity contribution in [1.82, 2.24) is 19.4 Å². The van der Waals surface area contributed by atoms with Crippen molar-refractivity contribution in [3.05, 3.63) is 95.6 Å². The van der Waals surface area contributed by atoms with E-state index in [0.717, 1.165) is 83.4 Å². The first-order valence-electron chi connectivity index (χ1n) is 13.2. The second-order valence-electron chi connectivity index (χ2n) is 9.73. The average molecular weight is 505 g/mol. The van der Waals surface area contributed by atoms with Crippen LogP contribution >= 0.6 is 0 Å². The molecule has 1 aliphatic carbocycles. The fraction of sp³-hybridized carbons (Fsp3) is 0.258. The maximum atomic E-state index is 5.51. The maximum Gasteiger partial charge on any atom is 0.0900 e. The molecule has 1 aromatic heterocycles. The van der Waals surface area contributed by atoms with Gasteiger partial charge in [0.25, 0.3) is 0 Å². The molecule has 6 rings (SSSR count). The predicted octanol–water partition coefficient (Wildman–Crippen LogP) is 5.12. The zero-order valence-corrected chi connectivity index (χ0v) is 21.9. The van der Waals surface area contributed by atoms with Crippen LogP contribution in [-0.2, 0) is 4.74 Å². The molecule has 1 saturated heterocycles. The lowest BCUT2D eigenvalue weighted by Crippen LogP contribution is -2.38. The van der Waals surface area contributed by atoms with Crippen LogP contribution in [0.1, 0.15) is 11.3 Å². The van der Waals surface area contributed by atoms with Crippen LogP contribution in [0.5, 0.6) is 0 Å². The lowest BCUT2D eigenvalue weighted by molar-refractivity contribution is 0.0394. The van der Waals surface area contributed by atoms with Crippen LogP contribution in [0.15, 0.2) is 84.0 Å². The second-order valence-corrected chi connectivity index (χ2v) is 9.73. The highest BCUT2D eigenvalue weighted by Gasteiger charge is 2.17. The Hall–Kier alpha value is -4.07. The number of para-hydroxylation sites is 2. The molecule has 0 saturated carbocycles. The first-order chi connectivity index (χ1) is 18.7. The highest BCUT2D eigenvalue weighted by atomic mass is 16.5. The van der Waals surface area contributed by atoms with E-state index in [9.17, 15) is 0 Å². The molecule has 0 bridgehead atoms. The normalized spacial score (nSPS) is 14.8. The lowest BCUT2D eigenvalue weighted by atomic mass is 10.1. The first-order valence-corrected chi connectivity index (χ1v) is 13.2. The van der Waals surface area contributed by atoms with Gasteiger partial charge in [0.05, 0.1) is 64.6 Å². The third-order valence-electron chi connectivity index (χ3n) is 7.07. The van der Waals surface area contributed by atoms with Gasteiger partial charge in [0.2, 0.25) is 0 Å². The minimum atomic E-state index is 0.706. The Morgan fingerprint density at radius 1 is 0.921 bits per heavy atom. The Kier molecular flexibility index (Phi) is 6.86. The van der Waals surface area contributed by atoms with Crippen molar-refractivity contribution in [3.63, 3.8) is 0 Å². The van der Waals surface area contributed by atoms with Crippen molar-refractivity contribution in [2.24, 2.45) is 4.99 Å². The van der Waals surface area contributed by atoms with Gasteiger partial charge in [-0.25, -0.2) is 4.98 Å². The number of morpholine rings is 1. The highest BCUT2D eigenvalue weighted by molar-refractivity contribution is 5.84. The summed E-state index contributed by atoms with van der Waals surface area (Å²) in [5.74, 6) is 0. The molecule has 1 fully saturated rings. The van der Waals surface area contributed by atoms with Crippen LogP contribution in [0.4, 0.5) is 11.4 Å². The molecule has 38 heavy (non-hydrogen) atoms. The van der Waals surface area contributed by atoms with Gasteiger partial charge < -0.3 is 14.6 Å². The van der Waals surface area contributed by atoms with Crippen molar-refractivity contribution in [1.29, 1.82) is 0 Å². The topological polar surface area (TPSA) is 67.6 Å². The SMILES string of the molecule is Cc1ccc(-n2c3c/c(=N\CCN4CCOCC4)c(Nc4cccnc4C)cc-3nc3ccccc32)cc1. The minimum absolute atomic E-state index is 0.706. The molecule has 3 aromatic rings. The highest BCUT2D eigenvalue weighted by Crippen LogP contribution is 2.30. The van der Waals surface area contributed by atoms with Crippen LogP contribution in [0, 0.1) is 13.8 Å². The van der Waals surface area contributed by atoms with Gasteiger partial charge in [-0.2, -0.15) is 0 Å². The number of anilines is 2. The van der Waals surface area contributed by atoms with E-state index >= 15 is 0 Å². The van der Waals surface area contributed by atoms with Crippen LogP contribution < -0.4 is 10.7 Å². The number of aromatic nitrogens is 3. The van der Waals surface area contributed by atoms with Gasteiger partial charge >= 0.3 is 0 Å².